The Bertz CT molecular complexity index is 1440. The number of hydrogen-bond acceptors (Lipinski definition) is 6. The van der Waals surface area contributed by atoms with Crippen LogP contribution in [0.4, 0.5) is 10.8 Å². The molecule has 0 spiro atoms. The van der Waals surface area contributed by atoms with E-state index in [9.17, 15) is 9.59 Å². The summed E-state index contributed by atoms with van der Waals surface area (Å²) in [5, 5.41) is 12.9. The zero-order chi connectivity index (χ0) is 22.8. The number of fused-ring (bicyclic) bond motifs is 1. The standard InChI is InChI=1S/C24H19N5O2S2/c1-15(30)25-24-27-19-10-9-17(12-21(19)33-24)26-23(31)18-14-29(13-16-6-3-2-4-7-16)28-22(18)20-8-5-11-32-20/h2-12,14H,13H2,1H3,(H,26,31)(H,25,27,30). The number of benzene rings is 2. The molecule has 164 valence electrons. The lowest BCUT2D eigenvalue weighted by Gasteiger charge is -2.04. The Kier molecular flexibility index (Phi) is 5.72. The van der Waals surface area contributed by atoms with E-state index in [1.165, 1.54) is 18.3 Å². The van der Waals surface area contributed by atoms with Gasteiger partial charge in [-0.3, -0.25) is 14.3 Å². The van der Waals surface area contributed by atoms with Crippen molar-refractivity contribution in [3.8, 4) is 10.6 Å². The second-order valence-corrected chi connectivity index (χ2v) is 9.37. The van der Waals surface area contributed by atoms with Crippen molar-refractivity contribution in [3.05, 3.63) is 83.4 Å². The molecule has 0 saturated carbocycles. The minimum absolute atomic E-state index is 0.170. The number of rotatable bonds is 6. The summed E-state index contributed by atoms with van der Waals surface area (Å²) in [6.45, 7) is 2.02. The molecule has 2 aromatic carbocycles. The number of hydrogen-bond donors (Lipinski definition) is 2. The van der Waals surface area contributed by atoms with Gasteiger partial charge in [-0.1, -0.05) is 47.7 Å². The van der Waals surface area contributed by atoms with Gasteiger partial charge in [-0.2, -0.15) is 5.10 Å². The Hall–Kier alpha value is -3.82. The van der Waals surface area contributed by atoms with Gasteiger partial charge in [0.2, 0.25) is 5.91 Å². The van der Waals surface area contributed by atoms with Crippen molar-refractivity contribution in [2.45, 2.75) is 13.5 Å². The van der Waals surface area contributed by atoms with Gasteiger partial charge >= 0.3 is 0 Å². The molecule has 33 heavy (non-hydrogen) atoms. The Morgan fingerprint density at radius 3 is 2.64 bits per heavy atom. The predicted molar refractivity (Wildman–Crippen MR) is 133 cm³/mol. The Morgan fingerprint density at radius 1 is 1.03 bits per heavy atom. The van der Waals surface area contributed by atoms with Gasteiger partial charge in [0.15, 0.2) is 5.13 Å². The minimum atomic E-state index is -0.233. The lowest BCUT2D eigenvalue weighted by molar-refractivity contribution is -0.114. The summed E-state index contributed by atoms with van der Waals surface area (Å²) in [5.74, 6) is -0.403. The molecule has 0 fully saturated rings. The van der Waals surface area contributed by atoms with Gasteiger partial charge in [-0.25, -0.2) is 4.98 Å². The van der Waals surface area contributed by atoms with Crippen LogP contribution in [-0.2, 0) is 11.3 Å². The molecule has 2 amide bonds. The monoisotopic (exact) mass is 473 g/mol. The summed E-state index contributed by atoms with van der Waals surface area (Å²) < 4.78 is 2.67. The maximum absolute atomic E-state index is 13.3. The summed E-state index contributed by atoms with van der Waals surface area (Å²) in [6, 6.07) is 19.4. The molecule has 7 nitrogen and oxygen atoms in total. The molecule has 0 aliphatic rings. The van der Waals surface area contributed by atoms with Gasteiger partial charge in [0.25, 0.3) is 5.91 Å². The number of aromatic nitrogens is 3. The maximum atomic E-state index is 13.3. The third-order valence-electron chi connectivity index (χ3n) is 4.88. The van der Waals surface area contributed by atoms with Crippen LogP contribution >= 0.6 is 22.7 Å². The first-order chi connectivity index (χ1) is 16.0. The molecule has 9 heteroatoms. The van der Waals surface area contributed by atoms with Gasteiger partial charge in [-0.15, -0.1) is 11.3 Å². The molecule has 0 atom stereocenters. The number of nitrogens with one attached hydrogen (secondary N) is 2. The highest BCUT2D eigenvalue weighted by Crippen LogP contribution is 2.30. The number of carbonyl (C=O) groups is 2. The number of anilines is 2. The first kappa shape index (κ1) is 21.0. The van der Waals surface area contributed by atoms with Crippen LogP contribution in [0.1, 0.15) is 22.8 Å². The molecule has 0 bridgehead atoms. The van der Waals surface area contributed by atoms with E-state index >= 15 is 0 Å². The van der Waals surface area contributed by atoms with Crippen LogP contribution in [0.25, 0.3) is 20.8 Å². The third kappa shape index (κ3) is 4.69. The molecule has 2 N–H and O–H groups in total. The van der Waals surface area contributed by atoms with Crippen molar-refractivity contribution in [1.82, 2.24) is 14.8 Å². The fourth-order valence-corrected chi connectivity index (χ4v) is 5.11. The summed E-state index contributed by atoms with van der Waals surface area (Å²) in [4.78, 5) is 29.9. The second-order valence-electron chi connectivity index (χ2n) is 7.39. The largest absolute Gasteiger partial charge is 0.322 e. The number of amides is 2. The Labute approximate surface area is 197 Å². The molecule has 0 aliphatic heterocycles. The van der Waals surface area contributed by atoms with Crippen LogP contribution in [0.3, 0.4) is 0 Å². The van der Waals surface area contributed by atoms with Crippen LogP contribution < -0.4 is 10.6 Å². The van der Waals surface area contributed by atoms with Crippen LogP contribution in [0.2, 0.25) is 0 Å². The Morgan fingerprint density at radius 2 is 1.88 bits per heavy atom. The lowest BCUT2D eigenvalue weighted by Crippen LogP contribution is -2.12. The number of thiophene rings is 1. The van der Waals surface area contributed by atoms with Crippen LogP contribution in [0, 0.1) is 0 Å². The van der Waals surface area contributed by atoms with Crippen LogP contribution in [-0.4, -0.2) is 26.6 Å². The van der Waals surface area contributed by atoms with E-state index in [0.29, 0.717) is 28.6 Å². The predicted octanol–water partition coefficient (Wildman–Crippen LogP) is 5.48. The smallest absolute Gasteiger partial charge is 0.259 e. The zero-order valence-electron chi connectivity index (χ0n) is 17.6. The van der Waals surface area contributed by atoms with Crippen molar-refractivity contribution in [2.75, 3.05) is 10.6 Å². The molecule has 3 heterocycles. The van der Waals surface area contributed by atoms with Crippen molar-refractivity contribution >= 4 is 55.5 Å². The summed E-state index contributed by atoms with van der Waals surface area (Å²) >= 11 is 2.91. The van der Waals surface area contributed by atoms with E-state index in [1.54, 1.807) is 28.3 Å². The molecule has 0 aliphatic carbocycles. The van der Waals surface area contributed by atoms with E-state index in [4.69, 9.17) is 5.10 Å². The maximum Gasteiger partial charge on any atom is 0.259 e. The van der Waals surface area contributed by atoms with Crippen molar-refractivity contribution in [2.24, 2.45) is 0 Å². The molecule has 0 saturated heterocycles. The molecular weight excluding hydrogens is 454 g/mol. The highest BCUT2D eigenvalue weighted by Gasteiger charge is 2.19. The molecular formula is C24H19N5O2S2. The van der Waals surface area contributed by atoms with Gasteiger partial charge in [0, 0.05) is 18.8 Å². The van der Waals surface area contributed by atoms with Crippen molar-refractivity contribution < 1.29 is 9.59 Å². The molecule has 5 rings (SSSR count). The van der Waals surface area contributed by atoms with Gasteiger partial charge in [0.05, 0.1) is 27.2 Å². The highest BCUT2D eigenvalue weighted by molar-refractivity contribution is 7.22. The van der Waals surface area contributed by atoms with E-state index in [-0.39, 0.29) is 11.8 Å². The van der Waals surface area contributed by atoms with Crippen molar-refractivity contribution in [3.63, 3.8) is 0 Å². The topological polar surface area (TPSA) is 88.9 Å². The van der Waals surface area contributed by atoms with E-state index in [0.717, 1.165) is 20.7 Å². The molecule has 3 aromatic heterocycles. The molecule has 0 unspecified atom stereocenters. The van der Waals surface area contributed by atoms with Crippen LogP contribution in [0.15, 0.2) is 72.2 Å². The average molecular weight is 474 g/mol. The number of carbonyl (C=O) groups excluding carboxylic acids is 2. The first-order valence-electron chi connectivity index (χ1n) is 10.2. The Balaban J connectivity index is 1.43. The summed E-state index contributed by atoms with van der Waals surface area (Å²) in [5.41, 5.74) is 3.69. The zero-order valence-corrected chi connectivity index (χ0v) is 19.2. The van der Waals surface area contributed by atoms with Gasteiger partial charge in [-0.05, 0) is 35.2 Å². The summed E-state index contributed by atoms with van der Waals surface area (Å²) in [7, 11) is 0. The number of nitrogens with zero attached hydrogens (tertiary/aromatic N) is 3. The van der Waals surface area contributed by atoms with E-state index in [1.807, 2.05) is 60.0 Å². The first-order valence-corrected chi connectivity index (χ1v) is 11.9. The van der Waals surface area contributed by atoms with Crippen molar-refractivity contribution in [1.29, 1.82) is 0 Å². The van der Waals surface area contributed by atoms with Gasteiger partial charge < -0.3 is 10.6 Å². The SMILES string of the molecule is CC(=O)Nc1nc2ccc(NC(=O)c3cn(Cc4ccccc4)nc3-c3cccs3)cc2s1. The molecule has 5 aromatic rings. The normalized spacial score (nSPS) is 10.9. The third-order valence-corrected chi connectivity index (χ3v) is 6.69. The average Bonchev–Trinajstić information content (AvgIpc) is 3.53. The van der Waals surface area contributed by atoms with Crippen LogP contribution in [0.5, 0.6) is 0 Å². The highest BCUT2D eigenvalue weighted by atomic mass is 32.1. The van der Waals surface area contributed by atoms with Gasteiger partial charge in [0.1, 0.15) is 5.69 Å². The quantitative estimate of drug-likeness (QED) is 0.342. The fourth-order valence-electron chi connectivity index (χ4n) is 3.44. The minimum Gasteiger partial charge on any atom is -0.322 e. The summed E-state index contributed by atoms with van der Waals surface area (Å²) in [6.07, 6.45) is 1.79. The molecule has 0 radical (unpaired) electrons. The lowest BCUT2D eigenvalue weighted by atomic mass is 10.2. The number of thiazole rings is 1. The fraction of sp³-hybridized carbons (Fsp3) is 0.0833. The second kappa shape index (κ2) is 8.97. The van der Waals surface area contributed by atoms with E-state index < -0.39 is 0 Å². The van der Waals surface area contributed by atoms with E-state index in [2.05, 4.69) is 15.6 Å².